The quantitative estimate of drug-likeness (QED) is 0.317. The van der Waals surface area contributed by atoms with Crippen LogP contribution in [0.15, 0.2) is 58.4 Å². The van der Waals surface area contributed by atoms with Crippen molar-refractivity contribution in [3.8, 4) is 0 Å². The number of nitrogens with one attached hydrogen (secondary N) is 2. The molecule has 0 saturated carbocycles. The van der Waals surface area contributed by atoms with Crippen molar-refractivity contribution < 1.29 is 8.42 Å². The van der Waals surface area contributed by atoms with Gasteiger partial charge in [0.25, 0.3) is 0 Å². The van der Waals surface area contributed by atoms with Crippen LogP contribution in [0.3, 0.4) is 0 Å². The zero-order chi connectivity index (χ0) is 20.7. The maximum absolute atomic E-state index is 12.7. The summed E-state index contributed by atoms with van der Waals surface area (Å²) in [5.41, 5.74) is 1.97. The standard InChI is InChI=1S/C21H27ClN4O2S.HI/c1-23-21(25-16-18-7-3-4-8-20(18)22)24-15-17-9-11-19(12-10-17)29(27,28)26-13-5-2-6-14-26;/h3-4,7-12H,2,5-6,13-16H2,1H3,(H2,23,24,25);1H. The normalized spacial score (nSPS) is 15.3. The summed E-state index contributed by atoms with van der Waals surface area (Å²) in [6.07, 6.45) is 2.96. The van der Waals surface area contributed by atoms with E-state index in [1.54, 1.807) is 23.5 Å². The number of sulfonamides is 1. The van der Waals surface area contributed by atoms with Crippen LogP contribution >= 0.6 is 35.6 Å². The Morgan fingerprint density at radius 3 is 2.27 bits per heavy atom. The number of guanidine groups is 1. The molecular weight excluding hydrogens is 535 g/mol. The highest BCUT2D eigenvalue weighted by atomic mass is 127. The van der Waals surface area contributed by atoms with Crippen molar-refractivity contribution in [3.05, 3.63) is 64.7 Å². The first-order valence-corrected chi connectivity index (χ1v) is 11.6. The molecule has 2 aromatic rings. The smallest absolute Gasteiger partial charge is 0.243 e. The van der Waals surface area contributed by atoms with Crippen LogP contribution in [0.25, 0.3) is 0 Å². The minimum absolute atomic E-state index is 0. The van der Waals surface area contributed by atoms with Crippen LogP contribution in [-0.2, 0) is 23.1 Å². The van der Waals surface area contributed by atoms with E-state index in [1.165, 1.54) is 0 Å². The van der Waals surface area contributed by atoms with Gasteiger partial charge in [-0.05, 0) is 42.2 Å². The van der Waals surface area contributed by atoms with Gasteiger partial charge in [0.2, 0.25) is 10.0 Å². The molecule has 3 rings (SSSR count). The predicted molar refractivity (Wildman–Crippen MR) is 133 cm³/mol. The second-order valence-corrected chi connectivity index (χ2v) is 9.32. The van der Waals surface area contributed by atoms with E-state index in [2.05, 4.69) is 15.6 Å². The topological polar surface area (TPSA) is 73.8 Å². The molecule has 0 bridgehead atoms. The second kappa shape index (κ2) is 11.9. The number of hydrogen-bond acceptors (Lipinski definition) is 3. The van der Waals surface area contributed by atoms with E-state index in [4.69, 9.17) is 11.6 Å². The molecule has 1 aliphatic rings. The summed E-state index contributed by atoms with van der Waals surface area (Å²) in [6.45, 7) is 2.32. The van der Waals surface area contributed by atoms with Gasteiger partial charge in [0, 0.05) is 38.2 Å². The third kappa shape index (κ3) is 6.57. The van der Waals surface area contributed by atoms with Crippen molar-refractivity contribution in [1.29, 1.82) is 0 Å². The summed E-state index contributed by atoms with van der Waals surface area (Å²) < 4.78 is 27.0. The van der Waals surface area contributed by atoms with Crippen LogP contribution in [0.1, 0.15) is 30.4 Å². The van der Waals surface area contributed by atoms with Gasteiger partial charge in [-0.15, -0.1) is 24.0 Å². The SMILES string of the molecule is CN=C(NCc1ccc(S(=O)(=O)N2CCCCC2)cc1)NCc1ccccc1Cl.I. The molecule has 2 aromatic carbocycles. The van der Waals surface area contributed by atoms with Crippen molar-refractivity contribution in [3.63, 3.8) is 0 Å². The molecule has 0 aliphatic carbocycles. The van der Waals surface area contributed by atoms with E-state index in [1.807, 2.05) is 36.4 Å². The Hall–Kier alpha value is -1.36. The molecule has 6 nitrogen and oxygen atoms in total. The third-order valence-electron chi connectivity index (χ3n) is 4.96. The van der Waals surface area contributed by atoms with E-state index in [-0.39, 0.29) is 24.0 Å². The van der Waals surface area contributed by atoms with Gasteiger partial charge in [0.1, 0.15) is 0 Å². The first kappa shape index (κ1) is 24.9. The summed E-state index contributed by atoms with van der Waals surface area (Å²) in [5.74, 6) is 0.648. The number of hydrogen-bond donors (Lipinski definition) is 2. The maximum atomic E-state index is 12.7. The van der Waals surface area contributed by atoms with Crippen LogP contribution in [0.5, 0.6) is 0 Å². The molecule has 0 spiro atoms. The Morgan fingerprint density at radius 2 is 1.63 bits per heavy atom. The monoisotopic (exact) mass is 562 g/mol. The largest absolute Gasteiger partial charge is 0.352 e. The van der Waals surface area contributed by atoms with Gasteiger partial charge in [0.15, 0.2) is 5.96 Å². The van der Waals surface area contributed by atoms with Gasteiger partial charge < -0.3 is 10.6 Å². The second-order valence-electron chi connectivity index (χ2n) is 6.98. The van der Waals surface area contributed by atoms with Crippen molar-refractivity contribution >= 4 is 51.6 Å². The first-order valence-electron chi connectivity index (χ1n) is 9.78. The average Bonchev–Trinajstić information content (AvgIpc) is 2.76. The van der Waals surface area contributed by atoms with E-state index in [0.29, 0.717) is 42.1 Å². The number of halogens is 2. The van der Waals surface area contributed by atoms with Gasteiger partial charge in [0.05, 0.1) is 4.90 Å². The number of piperidine rings is 1. The summed E-state index contributed by atoms with van der Waals surface area (Å²) in [6, 6.07) is 14.7. The fraction of sp³-hybridized carbons (Fsp3) is 0.381. The fourth-order valence-corrected chi connectivity index (χ4v) is 4.98. The van der Waals surface area contributed by atoms with Crippen molar-refractivity contribution in [1.82, 2.24) is 14.9 Å². The van der Waals surface area contributed by atoms with Gasteiger partial charge in [-0.3, -0.25) is 4.99 Å². The molecule has 30 heavy (non-hydrogen) atoms. The average molecular weight is 563 g/mol. The number of rotatable bonds is 6. The minimum Gasteiger partial charge on any atom is -0.352 e. The molecule has 1 fully saturated rings. The Bertz CT molecular complexity index is 946. The van der Waals surface area contributed by atoms with E-state index in [0.717, 1.165) is 30.4 Å². The lowest BCUT2D eigenvalue weighted by molar-refractivity contribution is 0.346. The number of aliphatic imine (C=N–C) groups is 1. The van der Waals surface area contributed by atoms with Gasteiger partial charge >= 0.3 is 0 Å². The van der Waals surface area contributed by atoms with E-state index in [9.17, 15) is 8.42 Å². The van der Waals surface area contributed by atoms with Gasteiger partial charge in [-0.2, -0.15) is 4.31 Å². The molecule has 0 unspecified atom stereocenters. The summed E-state index contributed by atoms with van der Waals surface area (Å²) in [4.78, 5) is 4.57. The van der Waals surface area contributed by atoms with Crippen LogP contribution < -0.4 is 10.6 Å². The molecule has 0 amide bonds. The zero-order valence-electron chi connectivity index (χ0n) is 17.0. The van der Waals surface area contributed by atoms with Crippen LogP contribution in [-0.4, -0.2) is 38.8 Å². The highest BCUT2D eigenvalue weighted by molar-refractivity contribution is 14.0. The lowest BCUT2D eigenvalue weighted by Crippen LogP contribution is -2.36. The van der Waals surface area contributed by atoms with Crippen molar-refractivity contribution in [2.45, 2.75) is 37.2 Å². The Balaban J connectivity index is 0.00000320. The molecule has 2 N–H and O–H groups in total. The van der Waals surface area contributed by atoms with Gasteiger partial charge in [-0.1, -0.05) is 48.4 Å². The van der Waals surface area contributed by atoms with Gasteiger partial charge in [-0.25, -0.2) is 8.42 Å². The predicted octanol–water partition coefficient (Wildman–Crippen LogP) is 4.00. The molecule has 0 atom stereocenters. The van der Waals surface area contributed by atoms with Crippen LogP contribution in [0.4, 0.5) is 0 Å². The lowest BCUT2D eigenvalue weighted by Gasteiger charge is -2.25. The molecular formula is C21H28ClIN4O2S. The Kier molecular flexibility index (Phi) is 9.86. The molecule has 1 saturated heterocycles. The molecule has 1 aliphatic heterocycles. The highest BCUT2D eigenvalue weighted by Gasteiger charge is 2.25. The fourth-order valence-electron chi connectivity index (χ4n) is 3.26. The Morgan fingerprint density at radius 1 is 1.00 bits per heavy atom. The van der Waals surface area contributed by atoms with Crippen molar-refractivity contribution in [2.24, 2.45) is 4.99 Å². The zero-order valence-corrected chi connectivity index (χ0v) is 20.9. The van der Waals surface area contributed by atoms with Crippen LogP contribution in [0, 0.1) is 0 Å². The molecule has 0 aromatic heterocycles. The lowest BCUT2D eigenvalue weighted by atomic mass is 10.2. The van der Waals surface area contributed by atoms with E-state index >= 15 is 0 Å². The molecule has 9 heteroatoms. The molecule has 0 radical (unpaired) electrons. The summed E-state index contributed by atoms with van der Waals surface area (Å²) in [5, 5.41) is 7.17. The summed E-state index contributed by atoms with van der Waals surface area (Å²) in [7, 11) is -1.69. The minimum atomic E-state index is -3.39. The highest BCUT2D eigenvalue weighted by Crippen LogP contribution is 2.21. The number of nitrogens with zero attached hydrogens (tertiary/aromatic N) is 2. The summed E-state index contributed by atoms with van der Waals surface area (Å²) >= 11 is 6.18. The van der Waals surface area contributed by atoms with Crippen LogP contribution in [0.2, 0.25) is 5.02 Å². The first-order chi connectivity index (χ1) is 14.0. The van der Waals surface area contributed by atoms with E-state index < -0.39 is 10.0 Å². The molecule has 1 heterocycles. The molecule has 164 valence electrons. The van der Waals surface area contributed by atoms with Crippen molar-refractivity contribution in [2.75, 3.05) is 20.1 Å². The number of benzene rings is 2. The maximum Gasteiger partial charge on any atom is 0.243 e. The Labute approximate surface area is 201 Å². The third-order valence-corrected chi connectivity index (χ3v) is 7.25.